The highest BCUT2D eigenvalue weighted by atomic mass is 32.2. The highest BCUT2D eigenvalue weighted by molar-refractivity contribution is 7.89. The molecular formula is C11H22N2O2S. The summed E-state index contributed by atoms with van der Waals surface area (Å²) < 4.78 is 26.3. The molecule has 16 heavy (non-hydrogen) atoms. The van der Waals surface area contributed by atoms with E-state index in [0.717, 1.165) is 19.3 Å². The molecule has 0 bridgehead atoms. The third kappa shape index (κ3) is 4.03. The van der Waals surface area contributed by atoms with Crippen LogP contribution in [0.1, 0.15) is 39.0 Å². The molecule has 2 fully saturated rings. The van der Waals surface area contributed by atoms with E-state index < -0.39 is 10.0 Å². The minimum absolute atomic E-state index is 0.181. The number of sulfonamides is 1. The van der Waals surface area contributed by atoms with E-state index >= 15 is 0 Å². The van der Waals surface area contributed by atoms with Crippen LogP contribution in [0.15, 0.2) is 0 Å². The summed E-state index contributed by atoms with van der Waals surface area (Å²) in [6.07, 6.45) is 5.54. The van der Waals surface area contributed by atoms with Gasteiger partial charge < -0.3 is 5.32 Å². The van der Waals surface area contributed by atoms with Crippen LogP contribution >= 0.6 is 0 Å². The van der Waals surface area contributed by atoms with Crippen LogP contribution in [-0.2, 0) is 10.0 Å². The van der Waals surface area contributed by atoms with Gasteiger partial charge >= 0.3 is 0 Å². The van der Waals surface area contributed by atoms with Gasteiger partial charge in [-0.2, -0.15) is 0 Å². The van der Waals surface area contributed by atoms with Gasteiger partial charge in [0.05, 0.1) is 5.75 Å². The standard InChI is InChI=1S/C11H22N2O2S/c1-9-2-3-11(8-9)13-16(14,15)7-6-12-10-4-5-10/h9-13H,2-8H2,1H3. The monoisotopic (exact) mass is 246 g/mol. The van der Waals surface area contributed by atoms with Crippen LogP contribution in [0.3, 0.4) is 0 Å². The van der Waals surface area contributed by atoms with Gasteiger partial charge in [-0.1, -0.05) is 6.92 Å². The van der Waals surface area contributed by atoms with Crippen LogP contribution in [0.5, 0.6) is 0 Å². The lowest BCUT2D eigenvalue weighted by atomic mass is 10.1. The van der Waals surface area contributed by atoms with Crippen LogP contribution in [0, 0.1) is 5.92 Å². The number of hydrogen-bond donors (Lipinski definition) is 2. The van der Waals surface area contributed by atoms with Gasteiger partial charge in [0, 0.05) is 18.6 Å². The molecule has 2 rings (SSSR count). The SMILES string of the molecule is CC1CCC(NS(=O)(=O)CCNC2CC2)C1. The van der Waals surface area contributed by atoms with Gasteiger partial charge in [0.15, 0.2) is 0 Å². The van der Waals surface area contributed by atoms with Gasteiger partial charge in [-0.15, -0.1) is 0 Å². The van der Waals surface area contributed by atoms with Crippen molar-refractivity contribution in [2.45, 2.75) is 51.1 Å². The summed E-state index contributed by atoms with van der Waals surface area (Å²) >= 11 is 0. The lowest BCUT2D eigenvalue weighted by molar-refractivity contribution is 0.536. The van der Waals surface area contributed by atoms with Crippen LogP contribution in [0.2, 0.25) is 0 Å². The summed E-state index contributed by atoms with van der Waals surface area (Å²) in [5, 5.41) is 3.23. The van der Waals surface area contributed by atoms with Crippen molar-refractivity contribution in [1.29, 1.82) is 0 Å². The Balaban J connectivity index is 1.69. The average molecular weight is 246 g/mol. The molecule has 2 atom stereocenters. The average Bonchev–Trinajstić information content (AvgIpc) is 2.90. The lowest BCUT2D eigenvalue weighted by Crippen LogP contribution is -2.37. The van der Waals surface area contributed by atoms with Crippen LogP contribution in [0.4, 0.5) is 0 Å². The molecule has 2 saturated carbocycles. The van der Waals surface area contributed by atoms with E-state index in [4.69, 9.17) is 0 Å². The highest BCUT2D eigenvalue weighted by Gasteiger charge is 2.26. The molecule has 2 unspecified atom stereocenters. The van der Waals surface area contributed by atoms with E-state index in [1.807, 2.05) is 0 Å². The predicted octanol–water partition coefficient (Wildman–Crippen LogP) is 0.846. The fraction of sp³-hybridized carbons (Fsp3) is 1.00. The van der Waals surface area contributed by atoms with Crippen molar-refractivity contribution >= 4 is 10.0 Å². The Morgan fingerprint density at radius 2 is 1.81 bits per heavy atom. The van der Waals surface area contributed by atoms with Crippen molar-refractivity contribution in [2.75, 3.05) is 12.3 Å². The van der Waals surface area contributed by atoms with Gasteiger partial charge in [0.25, 0.3) is 0 Å². The largest absolute Gasteiger partial charge is 0.313 e. The van der Waals surface area contributed by atoms with E-state index in [2.05, 4.69) is 17.0 Å². The summed E-state index contributed by atoms with van der Waals surface area (Å²) in [7, 11) is -3.07. The van der Waals surface area contributed by atoms with Crippen LogP contribution in [-0.4, -0.2) is 32.8 Å². The van der Waals surface area contributed by atoms with Gasteiger partial charge in [-0.3, -0.25) is 0 Å². The van der Waals surface area contributed by atoms with Gasteiger partial charge in [-0.25, -0.2) is 13.1 Å². The van der Waals surface area contributed by atoms with Gasteiger partial charge in [0.2, 0.25) is 10.0 Å². The van der Waals surface area contributed by atoms with Crippen LogP contribution < -0.4 is 10.0 Å². The first-order valence-electron chi connectivity index (χ1n) is 6.28. The molecule has 4 nitrogen and oxygen atoms in total. The Bertz CT molecular complexity index is 325. The van der Waals surface area contributed by atoms with E-state index in [-0.39, 0.29) is 11.8 Å². The summed E-state index contributed by atoms with van der Waals surface area (Å²) in [5.74, 6) is 0.881. The Labute approximate surface area is 98.2 Å². The second kappa shape index (κ2) is 5.02. The van der Waals surface area contributed by atoms with E-state index in [0.29, 0.717) is 18.5 Å². The molecule has 0 amide bonds. The topological polar surface area (TPSA) is 58.2 Å². The second-order valence-corrected chi connectivity index (χ2v) is 7.15. The van der Waals surface area contributed by atoms with Gasteiger partial charge in [0.1, 0.15) is 0 Å². The molecule has 0 radical (unpaired) electrons. The number of nitrogens with one attached hydrogen (secondary N) is 2. The normalized spacial score (nSPS) is 30.8. The van der Waals surface area contributed by atoms with Crippen molar-refractivity contribution in [3.63, 3.8) is 0 Å². The molecule has 0 spiro atoms. The van der Waals surface area contributed by atoms with E-state index in [1.165, 1.54) is 12.8 Å². The molecule has 2 aliphatic rings. The zero-order valence-corrected chi connectivity index (χ0v) is 10.7. The van der Waals surface area contributed by atoms with Crippen molar-refractivity contribution in [3.05, 3.63) is 0 Å². The maximum Gasteiger partial charge on any atom is 0.213 e. The van der Waals surface area contributed by atoms with Crippen molar-refractivity contribution in [1.82, 2.24) is 10.0 Å². The molecular weight excluding hydrogens is 224 g/mol. The third-order valence-electron chi connectivity index (χ3n) is 3.42. The van der Waals surface area contributed by atoms with Crippen molar-refractivity contribution in [3.8, 4) is 0 Å². The lowest BCUT2D eigenvalue weighted by Gasteiger charge is -2.13. The molecule has 0 aromatic carbocycles. The Morgan fingerprint density at radius 1 is 1.12 bits per heavy atom. The molecule has 2 N–H and O–H groups in total. The molecule has 0 aromatic heterocycles. The minimum Gasteiger partial charge on any atom is -0.313 e. The Kier molecular flexibility index (Phi) is 3.87. The second-order valence-electron chi connectivity index (χ2n) is 5.28. The number of rotatable bonds is 6. The smallest absolute Gasteiger partial charge is 0.213 e. The Morgan fingerprint density at radius 3 is 2.38 bits per heavy atom. The maximum atomic E-state index is 11.7. The third-order valence-corrected chi connectivity index (χ3v) is 4.86. The Hall–Kier alpha value is -0.130. The fourth-order valence-corrected chi connectivity index (χ4v) is 3.54. The summed E-state index contributed by atoms with van der Waals surface area (Å²) in [4.78, 5) is 0. The quantitative estimate of drug-likeness (QED) is 0.730. The fourth-order valence-electron chi connectivity index (χ4n) is 2.31. The summed E-state index contributed by atoms with van der Waals surface area (Å²) in [5.41, 5.74) is 0. The highest BCUT2D eigenvalue weighted by Crippen LogP contribution is 2.25. The minimum atomic E-state index is -3.07. The first kappa shape index (κ1) is 12.3. The zero-order chi connectivity index (χ0) is 11.6. The number of hydrogen-bond acceptors (Lipinski definition) is 3. The summed E-state index contributed by atoms with van der Waals surface area (Å²) in [6, 6.07) is 0.766. The molecule has 2 aliphatic carbocycles. The molecule has 0 aromatic rings. The molecule has 0 saturated heterocycles. The van der Waals surface area contributed by atoms with E-state index in [1.54, 1.807) is 0 Å². The van der Waals surface area contributed by atoms with E-state index in [9.17, 15) is 8.42 Å². The molecule has 94 valence electrons. The summed E-state index contributed by atoms with van der Waals surface area (Å²) in [6.45, 7) is 2.77. The maximum absolute atomic E-state index is 11.7. The molecule has 0 aliphatic heterocycles. The van der Waals surface area contributed by atoms with Gasteiger partial charge in [-0.05, 0) is 38.0 Å². The van der Waals surface area contributed by atoms with Crippen molar-refractivity contribution in [2.24, 2.45) is 5.92 Å². The first-order chi connectivity index (χ1) is 7.55. The van der Waals surface area contributed by atoms with Crippen molar-refractivity contribution < 1.29 is 8.42 Å². The predicted molar refractivity (Wildman–Crippen MR) is 64.8 cm³/mol. The first-order valence-corrected chi connectivity index (χ1v) is 7.94. The molecule has 0 heterocycles. The van der Waals surface area contributed by atoms with Crippen LogP contribution in [0.25, 0.3) is 0 Å². The molecule has 5 heteroatoms. The zero-order valence-electron chi connectivity index (χ0n) is 9.91.